The fraction of sp³-hybridized carbons (Fsp3) is 0.643. The van der Waals surface area contributed by atoms with Gasteiger partial charge in [0.05, 0.1) is 5.69 Å². The average molecular weight is 247 g/mol. The van der Waals surface area contributed by atoms with E-state index < -0.39 is 0 Å². The Morgan fingerprint density at radius 2 is 1.78 bits per heavy atom. The molecule has 0 N–H and O–H groups in total. The van der Waals surface area contributed by atoms with E-state index in [1.54, 1.807) is 6.07 Å². The number of amides is 1. The summed E-state index contributed by atoms with van der Waals surface area (Å²) in [5.74, 6) is 0.375. The fourth-order valence-electron chi connectivity index (χ4n) is 2.20. The molecule has 1 aromatic heterocycles. The lowest BCUT2D eigenvalue weighted by Crippen LogP contribution is -2.32. The second kappa shape index (κ2) is 5.94. The zero-order chi connectivity index (χ0) is 13.0. The van der Waals surface area contributed by atoms with Crippen molar-refractivity contribution in [3.8, 4) is 0 Å². The van der Waals surface area contributed by atoms with Gasteiger partial charge in [0.15, 0.2) is 5.69 Å². The molecule has 1 aliphatic rings. The molecule has 2 heterocycles. The summed E-state index contributed by atoms with van der Waals surface area (Å²) in [7, 11) is 0. The van der Waals surface area contributed by atoms with E-state index in [9.17, 15) is 4.79 Å². The van der Waals surface area contributed by atoms with Crippen LogP contribution in [-0.4, -0.2) is 34.1 Å². The number of rotatable bonds is 2. The van der Waals surface area contributed by atoms with Gasteiger partial charge in [-0.25, -0.2) is 0 Å². The molecule has 0 aromatic carbocycles. The Kier molecular flexibility index (Phi) is 4.28. The van der Waals surface area contributed by atoms with E-state index in [-0.39, 0.29) is 5.91 Å². The van der Waals surface area contributed by atoms with Crippen molar-refractivity contribution in [1.29, 1.82) is 0 Å². The van der Waals surface area contributed by atoms with Crippen molar-refractivity contribution in [3.05, 3.63) is 23.5 Å². The van der Waals surface area contributed by atoms with Crippen LogP contribution in [0, 0.1) is 0 Å². The zero-order valence-electron chi connectivity index (χ0n) is 11.2. The minimum atomic E-state index is 0.0275. The highest BCUT2D eigenvalue weighted by Gasteiger charge is 2.18. The summed E-state index contributed by atoms with van der Waals surface area (Å²) in [5.41, 5.74) is 1.41. The Bertz CT molecular complexity index is 392. The third kappa shape index (κ3) is 3.06. The van der Waals surface area contributed by atoms with Crippen molar-refractivity contribution in [2.45, 2.75) is 45.4 Å². The Morgan fingerprint density at radius 1 is 1.11 bits per heavy atom. The fourth-order valence-corrected chi connectivity index (χ4v) is 2.20. The molecular weight excluding hydrogens is 226 g/mol. The van der Waals surface area contributed by atoms with Crippen molar-refractivity contribution < 1.29 is 4.79 Å². The van der Waals surface area contributed by atoms with Gasteiger partial charge < -0.3 is 4.90 Å². The summed E-state index contributed by atoms with van der Waals surface area (Å²) >= 11 is 0. The summed E-state index contributed by atoms with van der Waals surface area (Å²) in [4.78, 5) is 14.2. The highest BCUT2D eigenvalue weighted by molar-refractivity contribution is 5.92. The van der Waals surface area contributed by atoms with Crippen LogP contribution in [0.2, 0.25) is 0 Å². The molecule has 1 aliphatic heterocycles. The Morgan fingerprint density at radius 3 is 2.28 bits per heavy atom. The molecule has 0 bridgehead atoms. The quantitative estimate of drug-likeness (QED) is 0.807. The van der Waals surface area contributed by atoms with E-state index in [0.717, 1.165) is 31.6 Å². The Labute approximate surface area is 108 Å². The van der Waals surface area contributed by atoms with Gasteiger partial charge >= 0.3 is 0 Å². The first-order valence-corrected chi connectivity index (χ1v) is 6.81. The highest BCUT2D eigenvalue weighted by Crippen LogP contribution is 2.14. The summed E-state index contributed by atoms with van der Waals surface area (Å²) in [6.07, 6.45) is 4.65. The number of hydrogen-bond acceptors (Lipinski definition) is 3. The normalized spacial score (nSPS) is 16.7. The van der Waals surface area contributed by atoms with Gasteiger partial charge in [0, 0.05) is 13.1 Å². The van der Waals surface area contributed by atoms with E-state index in [1.807, 2.05) is 11.0 Å². The molecule has 4 nitrogen and oxygen atoms in total. The van der Waals surface area contributed by atoms with Gasteiger partial charge in [-0.3, -0.25) is 4.79 Å². The molecule has 0 aliphatic carbocycles. The molecule has 0 unspecified atom stereocenters. The summed E-state index contributed by atoms with van der Waals surface area (Å²) in [5, 5.41) is 8.18. The van der Waals surface area contributed by atoms with E-state index in [4.69, 9.17) is 0 Å². The third-order valence-corrected chi connectivity index (χ3v) is 3.39. The van der Waals surface area contributed by atoms with Crippen molar-refractivity contribution in [2.75, 3.05) is 13.1 Å². The number of likely N-dealkylation sites (tertiary alicyclic amines) is 1. The van der Waals surface area contributed by atoms with Crippen LogP contribution in [0.1, 0.15) is 61.6 Å². The largest absolute Gasteiger partial charge is 0.337 e. The molecule has 1 saturated heterocycles. The number of hydrogen-bond donors (Lipinski definition) is 0. The maximum atomic E-state index is 12.3. The standard InChI is InChI=1S/C14H21N3O/c1-11(2)12-7-8-13(16-15-12)14(18)17-9-5-3-4-6-10-17/h7-8,11H,3-6,9-10H2,1-2H3. The van der Waals surface area contributed by atoms with E-state index in [1.165, 1.54) is 12.8 Å². The third-order valence-electron chi connectivity index (χ3n) is 3.39. The second-order valence-electron chi connectivity index (χ2n) is 5.20. The van der Waals surface area contributed by atoms with Crippen LogP contribution in [0.25, 0.3) is 0 Å². The average Bonchev–Trinajstić information content (AvgIpc) is 2.67. The second-order valence-corrected chi connectivity index (χ2v) is 5.20. The minimum Gasteiger partial charge on any atom is -0.337 e. The van der Waals surface area contributed by atoms with Crippen LogP contribution in [0.4, 0.5) is 0 Å². The lowest BCUT2D eigenvalue weighted by Gasteiger charge is -2.19. The first-order chi connectivity index (χ1) is 8.68. The van der Waals surface area contributed by atoms with Gasteiger partial charge in [0.2, 0.25) is 0 Å². The molecule has 1 amide bonds. The SMILES string of the molecule is CC(C)c1ccc(C(=O)N2CCCCCC2)nn1. The molecule has 4 heteroatoms. The maximum Gasteiger partial charge on any atom is 0.274 e. The van der Waals surface area contributed by atoms with Gasteiger partial charge in [-0.15, -0.1) is 5.10 Å². The van der Waals surface area contributed by atoms with Gasteiger partial charge in [0.25, 0.3) is 5.91 Å². The van der Waals surface area contributed by atoms with E-state index in [0.29, 0.717) is 11.6 Å². The lowest BCUT2D eigenvalue weighted by molar-refractivity contribution is 0.0754. The predicted molar refractivity (Wildman–Crippen MR) is 70.5 cm³/mol. The number of aromatic nitrogens is 2. The predicted octanol–water partition coefficient (Wildman–Crippen LogP) is 2.62. The monoisotopic (exact) mass is 247 g/mol. The van der Waals surface area contributed by atoms with Crippen LogP contribution in [-0.2, 0) is 0 Å². The first-order valence-electron chi connectivity index (χ1n) is 6.81. The minimum absolute atomic E-state index is 0.0275. The first kappa shape index (κ1) is 13.0. The number of nitrogens with zero attached hydrogens (tertiary/aromatic N) is 3. The molecule has 0 atom stereocenters. The van der Waals surface area contributed by atoms with Crippen LogP contribution in [0.5, 0.6) is 0 Å². The Hall–Kier alpha value is -1.45. The van der Waals surface area contributed by atoms with Crippen molar-refractivity contribution >= 4 is 5.91 Å². The van der Waals surface area contributed by atoms with Gasteiger partial charge in [0.1, 0.15) is 0 Å². The summed E-state index contributed by atoms with van der Waals surface area (Å²) < 4.78 is 0. The topological polar surface area (TPSA) is 46.1 Å². The summed E-state index contributed by atoms with van der Waals surface area (Å²) in [6.45, 7) is 5.85. The molecule has 18 heavy (non-hydrogen) atoms. The molecule has 0 radical (unpaired) electrons. The Balaban J connectivity index is 2.07. The number of carbonyl (C=O) groups is 1. The molecule has 2 rings (SSSR count). The lowest BCUT2D eigenvalue weighted by atomic mass is 10.1. The zero-order valence-corrected chi connectivity index (χ0v) is 11.2. The molecule has 98 valence electrons. The van der Waals surface area contributed by atoms with Gasteiger partial charge in [-0.1, -0.05) is 26.7 Å². The van der Waals surface area contributed by atoms with E-state index in [2.05, 4.69) is 24.0 Å². The van der Waals surface area contributed by atoms with Crippen LogP contribution < -0.4 is 0 Å². The van der Waals surface area contributed by atoms with E-state index >= 15 is 0 Å². The van der Waals surface area contributed by atoms with Crippen LogP contribution in [0.15, 0.2) is 12.1 Å². The van der Waals surface area contributed by atoms with Crippen molar-refractivity contribution in [3.63, 3.8) is 0 Å². The smallest absolute Gasteiger partial charge is 0.274 e. The van der Waals surface area contributed by atoms with Crippen molar-refractivity contribution in [2.24, 2.45) is 0 Å². The molecule has 0 spiro atoms. The molecule has 1 fully saturated rings. The molecule has 1 aromatic rings. The molecular formula is C14H21N3O. The molecule has 0 saturated carbocycles. The van der Waals surface area contributed by atoms with Crippen LogP contribution in [0.3, 0.4) is 0 Å². The highest BCUT2D eigenvalue weighted by atomic mass is 16.2. The van der Waals surface area contributed by atoms with Crippen molar-refractivity contribution in [1.82, 2.24) is 15.1 Å². The number of carbonyl (C=O) groups excluding carboxylic acids is 1. The maximum absolute atomic E-state index is 12.3. The summed E-state index contributed by atoms with van der Waals surface area (Å²) in [6, 6.07) is 3.71. The van der Waals surface area contributed by atoms with Crippen LogP contribution >= 0.6 is 0 Å². The van der Waals surface area contributed by atoms with Gasteiger partial charge in [-0.2, -0.15) is 5.10 Å². The van der Waals surface area contributed by atoms with Gasteiger partial charge in [-0.05, 0) is 30.9 Å².